The van der Waals surface area contributed by atoms with E-state index in [9.17, 15) is 14.0 Å². The van der Waals surface area contributed by atoms with Crippen LogP contribution in [0.4, 0.5) is 15.8 Å². The van der Waals surface area contributed by atoms with Gasteiger partial charge in [-0.3, -0.25) is 9.59 Å². The van der Waals surface area contributed by atoms with Crippen LogP contribution >= 0.6 is 11.6 Å². The van der Waals surface area contributed by atoms with Gasteiger partial charge < -0.3 is 15.1 Å². The molecule has 2 N–H and O–H groups in total. The van der Waals surface area contributed by atoms with E-state index in [2.05, 4.69) is 10.6 Å². The van der Waals surface area contributed by atoms with Gasteiger partial charge in [0.25, 0.3) is 5.91 Å². The number of nitrogens with one attached hydrogen (secondary N) is 2. The highest BCUT2D eigenvalue weighted by atomic mass is 35.5. The molecule has 1 heterocycles. The molecular weight excluding hydrogens is 359 g/mol. The van der Waals surface area contributed by atoms with Gasteiger partial charge >= 0.3 is 0 Å². The molecule has 2 amide bonds. The molecule has 0 bridgehead atoms. The SMILES string of the molecule is O=C(Cc1ccc(F)cc1)Nc1ccc(Cl)cc1NC(=O)c1ccco1. The second-order valence-corrected chi connectivity index (χ2v) is 5.91. The highest BCUT2D eigenvalue weighted by Gasteiger charge is 2.14. The molecular formula is C19H14ClFN2O3. The predicted octanol–water partition coefficient (Wildman–Crippen LogP) is 4.51. The topological polar surface area (TPSA) is 71.3 Å². The van der Waals surface area contributed by atoms with Crippen molar-refractivity contribution < 1.29 is 18.4 Å². The van der Waals surface area contributed by atoms with Crippen molar-refractivity contribution in [2.24, 2.45) is 0 Å². The standard InChI is InChI=1S/C19H14ClFN2O3/c20-13-5-8-15(16(11-13)23-19(25)17-2-1-9-26-17)22-18(24)10-12-3-6-14(21)7-4-12/h1-9,11H,10H2,(H,22,24)(H,23,25). The van der Waals surface area contributed by atoms with Crippen molar-refractivity contribution in [1.82, 2.24) is 0 Å². The first-order valence-corrected chi connectivity index (χ1v) is 8.08. The molecule has 0 aliphatic heterocycles. The quantitative estimate of drug-likeness (QED) is 0.692. The lowest BCUT2D eigenvalue weighted by molar-refractivity contribution is -0.115. The second-order valence-electron chi connectivity index (χ2n) is 5.47. The number of rotatable bonds is 5. The van der Waals surface area contributed by atoms with Crippen LogP contribution in [0.5, 0.6) is 0 Å². The Morgan fingerprint density at radius 3 is 2.46 bits per heavy atom. The minimum Gasteiger partial charge on any atom is -0.459 e. The van der Waals surface area contributed by atoms with Crippen LogP contribution in [0.15, 0.2) is 65.3 Å². The van der Waals surface area contributed by atoms with Crippen LogP contribution in [-0.4, -0.2) is 11.8 Å². The van der Waals surface area contributed by atoms with Crippen LogP contribution < -0.4 is 10.6 Å². The van der Waals surface area contributed by atoms with E-state index in [0.717, 1.165) is 0 Å². The summed E-state index contributed by atoms with van der Waals surface area (Å²) in [4.78, 5) is 24.4. The molecule has 3 aromatic rings. The Balaban J connectivity index is 1.73. The molecule has 0 aliphatic carbocycles. The molecule has 1 aromatic heterocycles. The lowest BCUT2D eigenvalue weighted by Gasteiger charge is -2.12. The van der Waals surface area contributed by atoms with E-state index in [1.165, 1.54) is 42.7 Å². The van der Waals surface area contributed by atoms with Gasteiger partial charge in [-0.2, -0.15) is 0 Å². The Morgan fingerprint density at radius 1 is 1.00 bits per heavy atom. The van der Waals surface area contributed by atoms with Crippen molar-refractivity contribution in [2.45, 2.75) is 6.42 Å². The summed E-state index contributed by atoms with van der Waals surface area (Å²) >= 11 is 5.98. The van der Waals surface area contributed by atoms with E-state index < -0.39 is 5.91 Å². The smallest absolute Gasteiger partial charge is 0.291 e. The third-order valence-electron chi connectivity index (χ3n) is 3.53. The van der Waals surface area contributed by atoms with Gasteiger partial charge in [0.15, 0.2) is 5.76 Å². The fraction of sp³-hybridized carbons (Fsp3) is 0.0526. The molecule has 0 unspecified atom stereocenters. The number of halogens is 2. The number of benzene rings is 2. The summed E-state index contributed by atoms with van der Waals surface area (Å²) in [7, 11) is 0. The maximum Gasteiger partial charge on any atom is 0.291 e. The molecule has 0 fully saturated rings. The monoisotopic (exact) mass is 372 g/mol. The van der Waals surface area contributed by atoms with E-state index in [1.807, 2.05) is 0 Å². The molecule has 0 saturated carbocycles. The van der Waals surface area contributed by atoms with Gasteiger partial charge in [-0.1, -0.05) is 23.7 Å². The number of carbonyl (C=O) groups excluding carboxylic acids is 2. The Labute approximate surface area is 153 Å². The van der Waals surface area contributed by atoms with E-state index in [0.29, 0.717) is 22.0 Å². The van der Waals surface area contributed by atoms with Crippen LogP contribution in [0.1, 0.15) is 16.1 Å². The molecule has 132 valence electrons. The van der Waals surface area contributed by atoms with Crippen molar-refractivity contribution in [3.63, 3.8) is 0 Å². The number of carbonyl (C=O) groups is 2. The van der Waals surface area contributed by atoms with Gasteiger partial charge in [0.2, 0.25) is 5.91 Å². The summed E-state index contributed by atoms with van der Waals surface area (Å²) in [5.41, 5.74) is 1.40. The normalized spacial score (nSPS) is 10.4. The molecule has 3 rings (SSSR count). The van der Waals surface area contributed by atoms with Crippen molar-refractivity contribution in [1.29, 1.82) is 0 Å². The summed E-state index contributed by atoms with van der Waals surface area (Å²) in [5, 5.41) is 5.76. The highest BCUT2D eigenvalue weighted by molar-refractivity contribution is 6.31. The average Bonchev–Trinajstić information content (AvgIpc) is 3.14. The van der Waals surface area contributed by atoms with Crippen molar-refractivity contribution in [2.75, 3.05) is 10.6 Å². The number of anilines is 2. The molecule has 5 nitrogen and oxygen atoms in total. The van der Waals surface area contributed by atoms with Crippen molar-refractivity contribution >= 4 is 34.8 Å². The number of hydrogen-bond acceptors (Lipinski definition) is 3. The third-order valence-corrected chi connectivity index (χ3v) is 3.76. The van der Waals surface area contributed by atoms with Gasteiger partial charge in [0.05, 0.1) is 24.1 Å². The molecule has 26 heavy (non-hydrogen) atoms. The lowest BCUT2D eigenvalue weighted by Crippen LogP contribution is -2.17. The molecule has 0 radical (unpaired) electrons. The second kappa shape index (κ2) is 7.84. The fourth-order valence-corrected chi connectivity index (χ4v) is 2.47. The van der Waals surface area contributed by atoms with E-state index >= 15 is 0 Å². The molecule has 0 aliphatic rings. The molecule has 7 heteroatoms. The van der Waals surface area contributed by atoms with Crippen LogP contribution in [0, 0.1) is 5.82 Å². The summed E-state index contributed by atoms with van der Waals surface area (Å²) in [6.07, 6.45) is 1.45. The van der Waals surface area contributed by atoms with Gasteiger partial charge in [-0.25, -0.2) is 4.39 Å². The zero-order chi connectivity index (χ0) is 18.5. The largest absolute Gasteiger partial charge is 0.459 e. The number of hydrogen-bond donors (Lipinski definition) is 2. The Hall–Kier alpha value is -3.12. The first-order chi connectivity index (χ1) is 12.5. The van der Waals surface area contributed by atoms with Crippen LogP contribution in [-0.2, 0) is 11.2 Å². The zero-order valence-electron chi connectivity index (χ0n) is 13.5. The Morgan fingerprint density at radius 2 is 1.77 bits per heavy atom. The van der Waals surface area contributed by atoms with Crippen LogP contribution in [0.2, 0.25) is 5.02 Å². The summed E-state index contributed by atoms with van der Waals surface area (Å²) in [6.45, 7) is 0. The predicted molar refractivity (Wildman–Crippen MR) is 96.8 cm³/mol. The maximum atomic E-state index is 12.9. The van der Waals surface area contributed by atoms with Gasteiger partial charge in [-0.05, 0) is 48.0 Å². The van der Waals surface area contributed by atoms with Crippen LogP contribution in [0.25, 0.3) is 0 Å². The summed E-state index contributed by atoms with van der Waals surface area (Å²) in [5.74, 6) is -1.01. The Bertz CT molecular complexity index is 924. The first-order valence-electron chi connectivity index (χ1n) is 7.70. The summed E-state index contributed by atoms with van der Waals surface area (Å²) < 4.78 is 18.0. The highest BCUT2D eigenvalue weighted by Crippen LogP contribution is 2.26. The number of furan rings is 1. The molecule has 2 aromatic carbocycles. The van der Waals surface area contributed by atoms with E-state index in [1.54, 1.807) is 18.2 Å². The maximum absolute atomic E-state index is 12.9. The molecule has 0 spiro atoms. The minimum atomic E-state index is -0.466. The lowest BCUT2D eigenvalue weighted by atomic mass is 10.1. The van der Waals surface area contributed by atoms with Crippen LogP contribution in [0.3, 0.4) is 0 Å². The van der Waals surface area contributed by atoms with Crippen molar-refractivity contribution in [3.05, 3.63) is 83.0 Å². The van der Waals surface area contributed by atoms with Gasteiger partial charge in [-0.15, -0.1) is 0 Å². The molecule has 0 saturated heterocycles. The van der Waals surface area contributed by atoms with Gasteiger partial charge in [0, 0.05) is 5.02 Å². The number of amides is 2. The summed E-state index contributed by atoms with van der Waals surface area (Å²) in [6, 6.07) is 13.5. The Kier molecular flexibility index (Phi) is 5.34. The van der Waals surface area contributed by atoms with Gasteiger partial charge in [0.1, 0.15) is 5.82 Å². The van der Waals surface area contributed by atoms with E-state index in [-0.39, 0.29) is 23.9 Å². The average molecular weight is 373 g/mol. The van der Waals surface area contributed by atoms with E-state index in [4.69, 9.17) is 16.0 Å². The molecule has 0 atom stereocenters. The zero-order valence-corrected chi connectivity index (χ0v) is 14.2. The first kappa shape index (κ1) is 17.7. The minimum absolute atomic E-state index is 0.0640. The van der Waals surface area contributed by atoms with Crippen molar-refractivity contribution in [3.8, 4) is 0 Å². The third kappa shape index (κ3) is 4.49. The fourth-order valence-electron chi connectivity index (χ4n) is 2.30.